The van der Waals surface area contributed by atoms with E-state index >= 15 is 0 Å². The molecular weight excluding hydrogens is 1210 g/mol. The zero-order valence-corrected chi connectivity index (χ0v) is 50.9. The molecule has 0 fully saturated rings. The van der Waals surface area contributed by atoms with E-state index in [2.05, 4.69) is 266 Å². The summed E-state index contributed by atoms with van der Waals surface area (Å²) in [5, 5.41) is 5.06. The van der Waals surface area contributed by atoms with Crippen LogP contribution in [0.5, 0.6) is 11.5 Å². The van der Waals surface area contributed by atoms with E-state index in [9.17, 15) is 0 Å². The summed E-state index contributed by atoms with van der Waals surface area (Å²) < 4.78 is 19.2. The van der Waals surface area contributed by atoms with Crippen LogP contribution in [0, 0.1) is 19.1 Å². The number of rotatable bonds is 12. The molecule has 14 aromatic rings. The monoisotopic (exact) mass is 1270 g/mol. The predicted molar refractivity (Wildman–Crippen MR) is 343 cm³/mol. The van der Waals surface area contributed by atoms with Gasteiger partial charge in [0, 0.05) is 44.7 Å². The van der Waals surface area contributed by atoms with Crippen LogP contribution in [0.1, 0.15) is 107 Å². The topological polar surface area (TPSA) is 70.9 Å². The number of ether oxygens (including phenoxy) is 1. The molecule has 10 aromatic carbocycles. The maximum absolute atomic E-state index is 7.30. The number of nitrogens with zero attached hydrogens (tertiary/aromatic N) is 5. The second kappa shape index (κ2) is 21.7. The fourth-order valence-electron chi connectivity index (χ4n) is 12.5. The van der Waals surface area contributed by atoms with E-state index in [-0.39, 0.29) is 44.7 Å². The molecule has 0 spiro atoms. The molecule has 4 aromatic heterocycles. The van der Waals surface area contributed by atoms with Crippen molar-refractivity contribution in [1.29, 1.82) is 0 Å². The van der Waals surface area contributed by atoms with Crippen molar-refractivity contribution in [3.05, 3.63) is 234 Å². The van der Waals surface area contributed by atoms with Crippen molar-refractivity contribution in [3.8, 4) is 67.9 Å². The molecule has 0 unspecified atom stereocenters. The Bertz CT molecular complexity index is 4800. The van der Waals surface area contributed by atoms with Crippen LogP contribution in [0.2, 0.25) is 0 Å². The normalized spacial score (nSPS) is 12.0. The third kappa shape index (κ3) is 9.21. The maximum Gasteiger partial charge on any atom is 2.00 e. The van der Waals surface area contributed by atoms with Gasteiger partial charge in [0.2, 0.25) is 0 Å². The first-order chi connectivity index (χ1) is 40.4. The third-order valence-corrected chi connectivity index (χ3v) is 16.6. The van der Waals surface area contributed by atoms with Crippen LogP contribution < -0.4 is 4.74 Å². The van der Waals surface area contributed by atoms with Crippen molar-refractivity contribution in [2.75, 3.05) is 0 Å². The number of para-hydroxylation sites is 4. The summed E-state index contributed by atoms with van der Waals surface area (Å²) in [5.41, 5.74) is 20.3. The molecular formula is C76H63N5O2Pt. The van der Waals surface area contributed by atoms with Gasteiger partial charge in [-0.3, -0.25) is 9.97 Å². The Morgan fingerprint density at radius 3 is 1.45 bits per heavy atom. The van der Waals surface area contributed by atoms with Gasteiger partial charge < -0.3 is 18.3 Å². The van der Waals surface area contributed by atoms with Gasteiger partial charge in [-0.15, -0.1) is 23.8 Å². The molecule has 8 heteroatoms. The van der Waals surface area contributed by atoms with Gasteiger partial charge >= 0.3 is 21.1 Å². The van der Waals surface area contributed by atoms with Crippen molar-refractivity contribution in [2.24, 2.45) is 0 Å². The van der Waals surface area contributed by atoms with Crippen LogP contribution in [-0.2, 0) is 21.1 Å². The smallest absolute Gasteiger partial charge is 0.498 e. The number of furan rings is 1. The van der Waals surface area contributed by atoms with E-state index in [1.165, 1.54) is 44.5 Å². The fourth-order valence-corrected chi connectivity index (χ4v) is 12.5. The molecule has 0 aliphatic carbocycles. The minimum Gasteiger partial charge on any atom is -0.498 e. The molecule has 84 heavy (non-hydrogen) atoms. The minimum absolute atomic E-state index is 0. The second-order valence-corrected chi connectivity index (χ2v) is 23.3. The molecule has 0 N–H and O–H groups in total. The van der Waals surface area contributed by atoms with E-state index < -0.39 is 0 Å². The Kier molecular flexibility index (Phi) is 14.0. The Hall–Kier alpha value is -8.90. The first kappa shape index (κ1) is 54.4. The second-order valence-electron chi connectivity index (χ2n) is 23.3. The molecule has 0 radical (unpaired) electrons. The number of aryl methyl sites for hydroxylation is 1. The molecule has 0 saturated heterocycles. The van der Waals surface area contributed by atoms with E-state index in [4.69, 9.17) is 24.1 Å². The molecule has 414 valence electrons. The van der Waals surface area contributed by atoms with Gasteiger partial charge in [-0.25, -0.2) is 4.98 Å². The molecule has 0 aliphatic rings. The summed E-state index contributed by atoms with van der Waals surface area (Å²) in [6.45, 7) is 20.4. The predicted octanol–water partition coefficient (Wildman–Crippen LogP) is 20.8. The average molecular weight is 1270 g/mol. The van der Waals surface area contributed by atoms with Crippen LogP contribution in [0.4, 0.5) is 0 Å². The van der Waals surface area contributed by atoms with E-state index in [1.54, 1.807) is 0 Å². The summed E-state index contributed by atoms with van der Waals surface area (Å²) in [6.07, 6.45) is 0. The number of fused-ring (bicyclic) bond motifs is 9. The summed E-state index contributed by atoms with van der Waals surface area (Å²) in [5.74, 6) is 3.25. The number of hydrogen-bond acceptors (Lipinski definition) is 5. The zero-order valence-electron chi connectivity index (χ0n) is 48.7. The van der Waals surface area contributed by atoms with Crippen molar-refractivity contribution < 1.29 is 30.2 Å². The van der Waals surface area contributed by atoms with E-state index in [0.717, 1.165) is 83.0 Å². The number of imidazole rings is 2. The third-order valence-electron chi connectivity index (χ3n) is 16.6. The van der Waals surface area contributed by atoms with Gasteiger partial charge in [0.05, 0.1) is 39.3 Å². The van der Waals surface area contributed by atoms with Gasteiger partial charge in [-0.05, 0) is 129 Å². The molecule has 7 nitrogen and oxygen atoms in total. The zero-order chi connectivity index (χ0) is 56.8. The van der Waals surface area contributed by atoms with E-state index in [1.807, 2.05) is 12.1 Å². The number of hydrogen-bond donors (Lipinski definition) is 0. The maximum atomic E-state index is 7.30. The van der Waals surface area contributed by atoms with Gasteiger partial charge in [0.1, 0.15) is 11.1 Å². The quantitative estimate of drug-likeness (QED) is 0.0900. The molecule has 0 aliphatic heterocycles. The summed E-state index contributed by atoms with van der Waals surface area (Å²) in [6, 6.07) is 76.3. The summed E-state index contributed by atoms with van der Waals surface area (Å²) in [7, 11) is 0. The summed E-state index contributed by atoms with van der Waals surface area (Å²) in [4.78, 5) is 16.3. The first-order valence-electron chi connectivity index (χ1n) is 29.1. The molecule has 0 saturated carbocycles. The molecule has 0 amide bonds. The number of aromatic nitrogens is 5. The Morgan fingerprint density at radius 2 is 0.893 bits per heavy atom. The van der Waals surface area contributed by atoms with Gasteiger partial charge in [-0.2, -0.15) is 0 Å². The van der Waals surface area contributed by atoms with Crippen molar-refractivity contribution >= 4 is 65.7 Å². The van der Waals surface area contributed by atoms with Crippen LogP contribution in [0.3, 0.4) is 0 Å². The SMILES string of the molecule is Cc1nc2c(ccc3c4cc(Oc5[c-]c(-c6nc7ccccc7n6-c6c(C(C)C)cc(-c7ccccc7)cc6C(C)C)ccc5)[c-]c(-c5nc6ccccc6n5-c5c(C(C)C)cc(-c6ccccc6)cc5C(C)C)c4oc32)c2ccccc12.[Pt+2]. The Morgan fingerprint density at radius 1 is 0.405 bits per heavy atom. The molecule has 14 rings (SSSR count). The largest absolute Gasteiger partial charge is 2.00 e. The minimum atomic E-state index is 0. The van der Waals surface area contributed by atoms with Crippen molar-refractivity contribution in [1.82, 2.24) is 24.1 Å². The fraction of sp³-hybridized carbons (Fsp3) is 0.171. The van der Waals surface area contributed by atoms with Crippen LogP contribution in [-0.4, -0.2) is 24.1 Å². The standard InChI is InChI=1S/C76H63N5O2.Pt/c1-44(2)60-38-52(49-23-12-10-13-24-49)39-61(45(3)4)71(60)80-68-33-20-18-31-66(68)78-75(80)51-27-22-28-54(37-51)82-55-42-64-59-36-35-58-57-30-17-16-29-56(57)48(9)77-70(58)74(59)83-73(64)65(43-55)76-79-67-32-19-21-34-69(67)81(76)72-62(46(5)6)40-53(41-63(72)47(7)8)50-25-14-11-15-26-50;/h10-36,38-42,44-47H,1-9H3;/q-2;+2. The Labute approximate surface area is 504 Å². The van der Waals surface area contributed by atoms with Crippen molar-refractivity contribution in [2.45, 2.75) is 86.0 Å². The van der Waals surface area contributed by atoms with Gasteiger partial charge in [0.15, 0.2) is 0 Å². The average Bonchev–Trinajstić information content (AvgIpc) is 2.62. The van der Waals surface area contributed by atoms with E-state index in [0.29, 0.717) is 34.1 Å². The molecule has 4 heterocycles. The molecule has 0 atom stereocenters. The van der Waals surface area contributed by atoms with Crippen molar-refractivity contribution in [3.63, 3.8) is 0 Å². The van der Waals surface area contributed by atoms with Gasteiger partial charge in [-0.1, -0.05) is 206 Å². The Balaban J connectivity index is 0.00000658. The van der Waals surface area contributed by atoms with Crippen LogP contribution in [0.15, 0.2) is 199 Å². The number of pyridine rings is 1. The first-order valence-corrected chi connectivity index (χ1v) is 29.1. The number of benzene rings is 10. The van der Waals surface area contributed by atoms with Gasteiger partial charge in [0.25, 0.3) is 0 Å². The summed E-state index contributed by atoms with van der Waals surface area (Å²) >= 11 is 0. The molecule has 0 bridgehead atoms. The van der Waals surface area contributed by atoms with Crippen LogP contribution >= 0.6 is 0 Å². The van der Waals surface area contributed by atoms with Crippen LogP contribution in [0.25, 0.3) is 122 Å².